The van der Waals surface area contributed by atoms with Crippen molar-refractivity contribution in [1.29, 1.82) is 0 Å². The second-order valence-corrected chi connectivity index (χ2v) is 19.0. The first-order valence-corrected chi connectivity index (χ1v) is 24.5. The van der Waals surface area contributed by atoms with Gasteiger partial charge >= 0.3 is 11.9 Å². The first kappa shape index (κ1) is 62.3. The first-order valence-electron chi connectivity index (χ1n) is 24.5. The largest absolute Gasteiger partial charge is 0.467 e. The standard InChI is InChI=1S/C51H80N2O19/c1-29-18-16-14-12-10-8-6-7-9-11-13-15-17-19-36(71-50-47(64)44(52)46(63)32(4)70-50)25-41-43(48(65)53-37(28-54)49(66)68-5)40(60)27-51(67,72-41)26-39(59)38(58)21-20-33(55)22-34(56)23-35(57)24-42(61)69-31(3)30(2)45(29)62/h6-19,29-41,43-47,50,54-60,62-64,67H,20-28,52H2,1-5H3,(H,53,65)/b7-6+,10-8+,11-9+,14-12+,15-13+,18-16+,19-17+/t29-,30-,31-,32+,33?,34?,35?,36?,37?,38+,39+,40-,41-,43+,44-,45+,46+,47-,50?,51+/m0/s1. The highest BCUT2D eigenvalue weighted by Gasteiger charge is 2.51. The highest BCUT2D eigenvalue weighted by molar-refractivity contribution is 5.86. The third-order valence-electron chi connectivity index (χ3n) is 13.0. The van der Waals surface area contributed by atoms with Gasteiger partial charge in [-0.15, -0.1) is 0 Å². The Bertz CT molecular complexity index is 1870. The van der Waals surface area contributed by atoms with Gasteiger partial charge < -0.3 is 90.9 Å². The molecule has 0 aromatic rings. The maximum atomic E-state index is 13.9. The molecule has 2 fully saturated rings. The van der Waals surface area contributed by atoms with E-state index < -0.39 is 159 Å². The van der Waals surface area contributed by atoms with Crippen LogP contribution in [0.4, 0.5) is 0 Å². The first-order chi connectivity index (χ1) is 34.0. The number of rotatable bonds is 6. The lowest BCUT2D eigenvalue weighted by molar-refractivity contribution is -0.308. The third-order valence-corrected chi connectivity index (χ3v) is 13.0. The average Bonchev–Trinajstić information content (AvgIpc) is 3.31. The summed E-state index contributed by atoms with van der Waals surface area (Å²) in [5.41, 5.74) is 6.08. The number of ether oxygens (including phenoxy) is 5. The van der Waals surface area contributed by atoms with Gasteiger partial charge in [0.2, 0.25) is 5.91 Å². The number of fused-ring (bicyclic) bond motifs is 2. The Morgan fingerprint density at radius 1 is 0.722 bits per heavy atom. The number of nitrogens with two attached hydrogens (primary N) is 1. The van der Waals surface area contributed by atoms with E-state index in [1.807, 2.05) is 13.0 Å². The molecule has 3 aliphatic rings. The fraction of sp³-hybridized carbons (Fsp3) is 0.667. The zero-order valence-corrected chi connectivity index (χ0v) is 41.7. The fourth-order valence-electron chi connectivity index (χ4n) is 8.56. The normalized spacial score (nSPS) is 42.5. The van der Waals surface area contributed by atoms with Gasteiger partial charge in [0.15, 0.2) is 18.1 Å². The number of cyclic esters (lactones) is 1. The van der Waals surface area contributed by atoms with Crippen molar-refractivity contribution in [2.24, 2.45) is 23.5 Å². The zero-order valence-electron chi connectivity index (χ0n) is 41.7. The SMILES string of the molecule is COC(=O)C(CO)NC(=O)[C@H]1[C@@H]2CC(OC3O[C@H](C)[C@@H](O)[C@H](N)[C@@H]3O)/C=C/C=C/C=C/C=C/C=C/C=C/C=C/[C@H](C)[C@@H](O)[C@@H](C)[C@H](C)OC(=O)CC(O)CC(O)CC(O)CC[C@@H](O)[C@H](O)C[C@](O)(C[C@@H]1O)O2. The molecule has 3 heterocycles. The minimum Gasteiger partial charge on any atom is -0.467 e. The van der Waals surface area contributed by atoms with Gasteiger partial charge in [0.05, 0.1) is 99.2 Å². The summed E-state index contributed by atoms with van der Waals surface area (Å²) in [7, 11) is 1.04. The van der Waals surface area contributed by atoms with E-state index in [1.54, 1.807) is 86.8 Å². The molecule has 408 valence electrons. The van der Waals surface area contributed by atoms with Crippen molar-refractivity contribution in [3.63, 3.8) is 0 Å². The van der Waals surface area contributed by atoms with Crippen LogP contribution in [0.3, 0.4) is 0 Å². The minimum atomic E-state index is -2.44. The number of esters is 2. The number of allylic oxidation sites excluding steroid dienone is 12. The van der Waals surface area contributed by atoms with Gasteiger partial charge in [-0.25, -0.2) is 4.79 Å². The molecule has 0 radical (unpaired) electrons. The van der Waals surface area contributed by atoms with E-state index >= 15 is 0 Å². The molecule has 72 heavy (non-hydrogen) atoms. The van der Waals surface area contributed by atoms with Crippen molar-refractivity contribution in [2.45, 2.75) is 183 Å². The number of aliphatic hydroxyl groups excluding tert-OH is 10. The van der Waals surface area contributed by atoms with Crippen LogP contribution in [-0.4, -0.2) is 191 Å². The number of hydrogen-bond donors (Lipinski definition) is 13. The molecule has 21 heteroatoms. The van der Waals surface area contributed by atoms with E-state index in [-0.39, 0.29) is 38.0 Å². The molecular weight excluding hydrogens is 945 g/mol. The van der Waals surface area contributed by atoms with Crippen LogP contribution in [0.5, 0.6) is 0 Å². The summed E-state index contributed by atoms with van der Waals surface area (Å²) in [6, 6.07) is -2.75. The maximum Gasteiger partial charge on any atom is 0.330 e. The average molecular weight is 1030 g/mol. The Kier molecular flexibility index (Phi) is 26.8. The van der Waals surface area contributed by atoms with Crippen LogP contribution in [0.1, 0.15) is 79.1 Å². The molecule has 20 atom stereocenters. The highest BCUT2D eigenvalue weighted by atomic mass is 16.7. The van der Waals surface area contributed by atoms with Crippen LogP contribution in [0.15, 0.2) is 85.1 Å². The summed E-state index contributed by atoms with van der Waals surface area (Å²) >= 11 is 0. The number of aliphatic hydroxyl groups is 11. The molecule has 1 amide bonds. The summed E-state index contributed by atoms with van der Waals surface area (Å²) in [6.45, 7) is 5.82. The van der Waals surface area contributed by atoms with Gasteiger partial charge in [-0.2, -0.15) is 0 Å². The quantitative estimate of drug-likeness (QED) is 0.146. The highest BCUT2D eigenvalue weighted by Crippen LogP contribution is 2.38. The Labute approximate surface area is 421 Å². The molecule has 0 spiro atoms. The third kappa shape index (κ3) is 20.4. The lowest BCUT2D eigenvalue weighted by Gasteiger charge is -2.46. The number of hydrogen-bond acceptors (Lipinski definition) is 20. The predicted molar refractivity (Wildman–Crippen MR) is 260 cm³/mol. The van der Waals surface area contributed by atoms with Gasteiger partial charge in [0.25, 0.3) is 0 Å². The van der Waals surface area contributed by atoms with Crippen LogP contribution < -0.4 is 11.1 Å². The molecule has 21 nitrogen and oxygen atoms in total. The summed E-state index contributed by atoms with van der Waals surface area (Å²) in [5.74, 6) is -7.55. The molecule has 0 aliphatic carbocycles. The molecule has 6 unspecified atom stereocenters. The van der Waals surface area contributed by atoms with E-state index in [9.17, 15) is 70.6 Å². The predicted octanol–water partition coefficient (Wildman–Crippen LogP) is -0.723. The number of nitrogens with one attached hydrogen (secondary N) is 1. The fourth-order valence-corrected chi connectivity index (χ4v) is 8.56. The van der Waals surface area contributed by atoms with Gasteiger partial charge in [0.1, 0.15) is 12.2 Å². The van der Waals surface area contributed by atoms with Crippen molar-refractivity contribution >= 4 is 17.8 Å². The van der Waals surface area contributed by atoms with Crippen molar-refractivity contribution in [3.8, 4) is 0 Å². The van der Waals surface area contributed by atoms with E-state index in [0.29, 0.717) is 0 Å². The van der Waals surface area contributed by atoms with Gasteiger partial charge in [-0.1, -0.05) is 98.9 Å². The van der Waals surface area contributed by atoms with Crippen molar-refractivity contribution in [1.82, 2.24) is 5.32 Å². The van der Waals surface area contributed by atoms with Gasteiger partial charge in [-0.05, 0) is 39.5 Å². The summed E-state index contributed by atoms with van der Waals surface area (Å²) in [5, 5.41) is 122. The molecule has 0 aromatic carbocycles. The van der Waals surface area contributed by atoms with Gasteiger partial charge in [-0.3, -0.25) is 9.59 Å². The molecule has 3 aliphatic heterocycles. The van der Waals surface area contributed by atoms with E-state index in [1.165, 1.54) is 13.0 Å². The second kappa shape index (κ2) is 31.0. The molecule has 0 saturated carbocycles. The number of carbonyl (C=O) groups excluding carboxylic acids is 3. The molecular formula is C51H80N2O19. The Hall–Kier alpha value is -4.01. The van der Waals surface area contributed by atoms with Gasteiger partial charge in [0, 0.05) is 31.1 Å². The number of carbonyl (C=O) groups is 3. The lowest BCUT2D eigenvalue weighted by atomic mass is 9.82. The Balaban J connectivity index is 1.97. The topological polar surface area (TPSA) is 358 Å². The molecule has 3 rings (SSSR count). The van der Waals surface area contributed by atoms with E-state index in [0.717, 1.165) is 7.11 Å². The second-order valence-electron chi connectivity index (χ2n) is 19.0. The van der Waals surface area contributed by atoms with Crippen molar-refractivity contribution < 1.29 is 94.2 Å². The molecule has 14 N–H and O–H groups in total. The van der Waals surface area contributed by atoms with E-state index in [2.05, 4.69) is 10.1 Å². The Morgan fingerprint density at radius 3 is 1.86 bits per heavy atom. The van der Waals surface area contributed by atoms with Crippen molar-refractivity contribution in [2.75, 3.05) is 13.7 Å². The zero-order chi connectivity index (χ0) is 53.7. The van der Waals surface area contributed by atoms with Crippen LogP contribution in [0.25, 0.3) is 0 Å². The lowest BCUT2D eigenvalue weighted by Crippen LogP contribution is -2.62. The summed E-state index contributed by atoms with van der Waals surface area (Å²) < 4.78 is 28.2. The van der Waals surface area contributed by atoms with Crippen LogP contribution >= 0.6 is 0 Å². The molecule has 2 bridgehead atoms. The maximum absolute atomic E-state index is 13.9. The van der Waals surface area contributed by atoms with Crippen LogP contribution in [0.2, 0.25) is 0 Å². The monoisotopic (exact) mass is 1020 g/mol. The number of amides is 1. The summed E-state index contributed by atoms with van der Waals surface area (Å²) in [6.07, 6.45) is 2.40. The summed E-state index contributed by atoms with van der Waals surface area (Å²) in [4.78, 5) is 38.9. The van der Waals surface area contributed by atoms with Crippen LogP contribution in [-0.2, 0) is 38.1 Å². The van der Waals surface area contributed by atoms with E-state index in [4.69, 9.17) is 24.7 Å². The Morgan fingerprint density at radius 2 is 1.28 bits per heavy atom. The van der Waals surface area contributed by atoms with Crippen LogP contribution in [0, 0.1) is 17.8 Å². The van der Waals surface area contributed by atoms with Crippen molar-refractivity contribution in [3.05, 3.63) is 85.1 Å². The number of methoxy groups -OCH3 is 1. The minimum absolute atomic E-state index is 0.175. The molecule has 2 saturated heterocycles. The molecule has 0 aromatic heterocycles. The smallest absolute Gasteiger partial charge is 0.330 e.